The minimum absolute atomic E-state index is 0.357. The minimum atomic E-state index is -1.12. The van der Waals surface area contributed by atoms with Crippen LogP contribution in [-0.2, 0) is 4.74 Å². The molecule has 1 fully saturated rings. The molecular weight excluding hydrogens is 260 g/mol. The van der Waals surface area contributed by atoms with Crippen LogP contribution in [0, 0.1) is 0 Å². The van der Waals surface area contributed by atoms with Crippen LogP contribution in [0.25, 0.3) is 0 Å². The first-order valence-corrected chi connectivity index (χ1v) is 5.92. The number of aliphatic hydroxyl groups excluding tert-OH is 3. The molecule has 1 aliphatic heterocycles. The molecular formula is C12H15ClO5. The normalized spacial score (nSPS) is 31.6. The predicted molar refractivity (Wildman–Crippen MR) is 64.7 cm³/mol. The first-order valence-electron chi connectivity index (χ1n) is 5.54. The van der Waals surface area contributed by atoms with Gasteiger partial charge in [-0.3, -0.25) is 0 Å². The smallest absolute Gasteiger partial charge is 0.126 e. The fourth-order valence-electron chi connectivity index (χ4n) is 2.08. The van der Waals surface area contributed by atoms with Gasteiger partial charge in [0.15, 0.2) is 0 Å². The lowest BCUT2D eigenvalue weighted by molar-refractivity contribution is -0.0233. The van der Waals surface area contributed by atoms with Gasteiger partial charge in [-0.1, -0.05) is 17.7 Å². The highest BCUT2D eigenvalue weighted by atomic mass is 35.5. The van der Waals surface area contributed by atoms with Crippen LogP contribution in [0.15, 0.2) is 18.2 Å². The van der Waals surface area contributed by atoms with Crippen LogP contribution < -0.4 is 4.74 Å². The Morgan fingerprint density at radius 1 is 1.33 bits per heavy atom. The summed E-state index contributed by atoms with van der Waals surface area (Å²) in [6, 6.07) is 4.92. The van der Waals surface area contributed by atoms with Crippen molar-refractivity contribution in [3.8, 4) is 5.75 Å². The third-order valence-electron chi connectivity index (χ3n) is 3.04. The number of halogens is 1. The lowest BCUT2D eigenvalue weighted by Crippen LogP contribution is -2.32. The van der Waals surface area contributed by atoms with E-state index in [0.29, 0.717) is 16.3 Å². The zero-order valence-corrected chi connectivity index (χ0v) is 10.5. The van der Waals surface area contributed by atoms with Gasteiger partial charge in [-0.25, -0.2) is 0 Å². The molecule has 1 aromatic carbocycles. The summed E-state index contributed by atoms with van der Waals surface area (Å²) in [7, 11) is 1.48. The van der Waals surface area contributed by atoms with Crippen LogP contribution in [0.1, 0.15) is 11.7 Å². The molecule has 0 spiro atoms. The molecule has 0 aromatic heterocycles. The first-order chi connectivity index (χ1) is 8.58. The van der Waals surface area contributed by atoms with Crippen molar-refractivity contribution >= 4 is 11.6 Å². The molecule has 0 bridgehead atoms. The van der Waals surface area contributed by atoms with Crippen LogP contribution in [0.5, 0.6) is 5.75 Å². The molecule has 100 valence electrons. The highest BCUT2D eigenvalue weighted by Crippen LogP contribution is 2.38. The van der Waals surface area contributed by atoms with E-state index in [1.54, 1.807) is 18.2 Å². The molecule has 0 amide bonds. The molecule has 1 saturated heterocycles. The standard InChI is InChI=1S/C12H15ClO5/c1-17-8-4-6(13)2-3-7(8)12-11(16)10(15)9(5-14)18-12/h2-4,9-12,14-16H,5H2,1H3/t9-,10+,11?,12+/m1/s1. The van der Waals surface area contributed by atoms with Gasteiger partial charge in [-0.2, -0.15) is 0 Å². The van der Waals surface area contributed by atoms with E-state index in [-0.39, 0.29) is 6.61 Å². The molecule has 3 N–H and O–H groups in total. The molecule has 6 heteroatoms. The molecule has 1 aromatic rings. The summed E-state index contributed by atoms with van der Waals surface area (Å²) in [6.45, 7) is -0.357. The van der Waals surface area contributed by atoms with Crippen molar-refractivity contribution < 1.29 is 24.8 Å². The van der Waals surface area contributed by atoms with Gasteiger partial charge in [0.1, 0.15) is 30.2 Å². The van der Waals surface area contributed by atoms with Crippen LogP contribution in [-0.4, -0.2) is 47.3 Å². The van der Waals surface area contributed by atoms with Gasteiger partial charge in [0.2, 0.25) is 0 Å². The largest absolute Gasteiger partial charge is 0.496 e. The number of rotatable bonds is 3. The lowest BCUT2D eigenvalue weighted by atomic mass is 10.0. The summed E-state index contributed by atoms with van der Waals surface area (Å²) < 4.78 is 10.6. The van der Waals surface area contributed by atoms with Gasteiger partial charge in [-0.05, 0) is 12.1 Å². The number of ether oxygens (including phenoxy) is 2. The number of benzene rings is 1. The summed E-state index contributed by atoms with van der Waals surface area (Å²) in [6.07, 6.45) is -3.78. The van der Waals surface area contributed by atoms with Crippen molar-refractivity contribution in [2.24, 2.45) is 0 Å². The molecule has 0 radical (unpaired) electrons. The van der Waals surface area contributed by atoms with Gasteiger partial charge in [0.05, 0.1) is 13.7 Å². The third kappa shape index (κ3) is 2.32. The van der Waals surface area contributed by atoms with E-state index < -0.39 is 24.4 Å². The maximum atomic E-state index is 9.93. The van der Waals surface area contributed by atoms with Crippen molar-refractivity contribution in [3.05, 3.63) is 28.8 Å². The van der Waals surface area contributed by atoms with Crippen molar-refractivity contribution in [2.75, 3.05) is 13.7 Å². The van der Waals surface area contributed by atoms with E-state index in [0.717, 1.165) is 0 Å². The van der Waals surface area contributed by atoms with E-state index >= 15 is 0 Å². The quantitative estimate of drug-likeness (QED) is 0.748. The van der Waals surface area contributed by atoms with Crippen molar-refractivity contribution in [3.63, 3.8) is 0 Å². The summed E-state index contributed by atoms with van der Waals surface area (Å²) in [5, 5.41) is 29.2. The molecule has 4 atom stereocenters. The van der Waals surface area contributed by atoms with E-state index in [2.05, 4.69) is 0 Å². The van der Waals surface area contributed by atoms with E-state index in [9.17, 15) is 10.2 Å². The van der Waals surface area contributed by atoms with Crippen LogP contribution in [0.4, 0.5) is 0 Å². The highest BCUT2D eigenvalue weighted by Gasteiger charge is 2.43. The Morgan fingerprint density at radius 3 is 2.61 bits per heavy atom. The summed E-state index contributed by atoms with van der Waals surface area (Å²) in [5.41, 5.74) is 0.587. The average Bonchev–Trinajstić information content (AvgIpc) is 2.66. The Hall–Kier alpha value is -0.850. The Morgan fingerprint density at radius 2 is 2.06 bits per heavy atom. The number of aliphatic hydroxyl groups is 3. The van der Waals surface area contributed by atoms with Gasteiger partial charge in [0, 0.05) is 10.6 Å². The Labute approximate surface area is 110 Å². The molecule has 1 heterocycles. The van der Waals surface area contributed by atoms with E-state index in [1.807, 2.05) is 0 Å². The van der Waals surface area contributed by atoms with Gasteiger partial charge < -0.3 is 24.8 Å². The van der Waals surface area contributed by atoms with Gasteiger partial charge >= 0.3 is 0 Å². The van der Waals surface area contributed by atoms with Crippen molar-refractivity contribution in [2.45, 2.75) is 24.4 Å². The third-order valence-corrected chi connectivity index (χ3v) is 3.28. The van der Waals surface area contributed by atoms with Crippen LogP contribution in [0.2, 0.25) is 5.02 Å². The minimum Gasteiger partial charge on any atom is -0.496 e. The molecule has 0 aliphatic carbocycles. The highest BCUT2D eigenvalue weighted by molar-refractivity contribution is 6.30. The topological polar surface area (TPSA) is 79.2 Å². The average molecular weight is 275 g/mol. The monoisotopic (exact) mass is 274 g/mol. The first kappa shape index (κ1) is 13.6. The number of methoxy groups -OCH3 is 1. The molecule has 1 aliphatic rings. The zero-order valence-electron chi connectivity index (χ0n) is 9.78. The summed E-state index contributed by atoms with van der Waals surface area (Å²) >= 11 is 5.85. The molecule has 5 nitrogen and oxygen atoms in total. The summed E-state index contributed by atoms with van der Waals surface area (Å²) in [5.74, 6) is 0.470. The van der Waals surface area contributed by atoms with Crippen molar-refractivity contribution in [1.29, 1.82) is 0 Å². The second kappa shape index (κ2) is 5.42. The van der Waals surface area contributed by atoms with Crippen LogP contribution in [0.3, 0.4) is 0 Å². The van der Waals surface area contributed by atoms with Gasteiger partial charge in [0.25, 0.3) is 0 Å². The second-order valence-corrected chi connectivity index (χ2v) is 4.58. The maximum Gasteiger partial charge on any atom is 0.126 e. The lowest BCUT2D eigenvalue weighted by Gasteiger charge is -2.18. The fraction of sp³-hybridized carbons (Fsp3) is 0.500. The van der Waals surface area contributed by atoms with Crippen LogP contribution >= 0.6 is 11.6 Å². The van der Waals surface area contributed by atoms with Crippen molar-refractivity contribution in [1.82, 2.24) is 0 Å². The molecule has 2 rings (SSSR count). The Bertz CT molecular complexity index is 425. The van der Waals surface area contributed by atoms with E-state index in [1.165, 1.54) is 7.11 Å². The van der Waals surface area contributed by atoms with E-state index in [4.69, 9.17) is 26.2 Å². The Kier molecular flexibility index (Phi) is 4.09. The molecule has 0 saturated carbocycles. The zero-order chi connectivity index (χ0) is 13.3. The summed E-state index contributed by atoms with van der Waals surface area (Å²) in [4.78, 5) is 0. The predicted octanol–water partition coefficient (Wildman–Crippen LogP) is 0.503. The maximum absolute atomic E-state index is 9.93. The second-order valence-electron chi connectivity index (χ2n) is 4.15. The number of hydrogen-bond acceptors (Lipinski definition) is 5. The molecule has 1 unspecified atom stereocenters. The van der Waals surface area contributed by atoms with Gasteiger partial charge in [-0.15, -0.1) is 0 Å². The number of hydrogen-bond donors (Lipinski definition) is 3. The fourth-order valence-corrected chi connectivity index (χ4v) is 2.24. The molecule has 18 heavy (non-hydrogen) atoms. The SMILES string of the molecule is COc1cc(Cl)ccc1[C@@H]1O[C@H](CO)[C@H](O)C1O. The Balaban J connectivity index is 2.32.